The molecule has 140 valence electrons. The SMILES string of the molecule is CCN1C[C@H](C(=O)N2CCN(Cc3cccc(OC)c3)C(=O)C2)CC1=O. The molecule has 2 heterocycles. The Morgan fingerprint density at radius 3 is 2.65 bits per heavy atom. The van der Waals surface area contributed by atoms with E-state index in [4.69, 9.17) is 4.74 Å². The topological polar surface area (TPSA) is 70.2 Å². The van der Waals surface area contributed by atoms with Crippen molar-refractivity contribution >= 4 is 17.7 Å². The van der Waals surface area contributed by atoms with Crippen LogP contribution in [0, 0.1) is 5.92 Å². The van der Waals surface area contributed by atoms with Crippen molar-refractivity contribution in [3.63, 3.8) is 0 Å². The number of piperazine rings is 1. The van der Waals surface area contributed by atoms with Crippen LogP contribution in [0.2, 0.25) is 0 Å². The van der Waals surface area contributed by atoms with Crippen molar-refractivity contribution in [2.75, 3.05) is 39.8 Å². The normalized spacial score (nSPS) is 20.7. The van der Waals surface area contributed by atoms with Gasteiger partial charge in [0.1, 0.15) is 5.75 Å². The molecule has 0 N–H and O–H groups in total. The molecule has 1 aromatic rings. The zero-order chi connectivity index (χ0) is 18.7. The number of amides is 3. The van der Waals surface area contributed by atoms with Gasteiger partial charge in [-0.3, -0.25) is 14.4 Å². The first-order valence-corrected chi connectivity index (χ1v) is 8.99. The van der Waals surface area contributed by atoms with Crippen molar-refractivity contribution in [3.8, 4) is 5.75 Å². The third-order valence-corrected chi connectivity index (χ3v) is 5.08. The van der Waals surface area contributed by atoms with E-state index in [1.807, 2.05) is 31.2 Å². The first-order chi connectivity index (χ1) is 12.5. The fraction of sp³-hybridized carbons (Fsp3) is 0.526. The van der Waals surface area contributed by atoms with E-state index in [0.717, 1.165) is 11.3 Å². The lowest BCUT2D eigenvalue weighted by molar-refractivity contribution is -0.147. The predicted octanol–water partition coefficient (Wildman–Crippen LogP) is 0.734. The van der Waals surface area contributed by atoms with Crippen molar-refractivity contribution < 1.29 is 19.1 Å². The van der Waals surface area contributed by atoms with Crippen LogP contribution >= 0.6 is 0 Å². The van der Waals surface area contributed by atoms with E-state index in [2.05, 4.69) is 0 Å². The molecule has 1 aromatic carbocycles. The van der Waals surface area contributed by atoms with E-state index < -0.39 is 0 Å². The molecule has 0 unspecified atom stereocenters. The zero-order valence-corrected chi connectivity index (χ0v) is 15.3. The molecule has 2 aliphatic rings. The maximum atomic E-state index is 12.7. The zero-order valence-electron chi connectivity index (χ0n) is 15.3. The number of hydrogen-bond donors (Lipinski definition) is 0. The van der Waals surface area contributed by atoms with Gasteiger partial charge >= 0.3 is 0 Å². The third-order valence-electron chi connectivity index (χ3n) is 5.08. The maximum absolute atomic E-state index is 12.7. The van der Waals surface area contributed by atoms with Crippen LogP contribution in [0.15, 0.2) is 24.3 Å². The molecule has 0 aliphatic carbocycles. The van der Waals surface area contributed by atoms with E-state index in [-0.39, 0.29) is 36.6 Å². The lowest BCUT2D eigenvalue weighted by Gasteiger charge is -2.35. The van der Waals surface area contributed by atoms with Crippen molar-refractivity contribution in [2.45, 2.75) is 19.9 Å². The van der Waals surface area contributed by atoms with E-state index in [1.54, 1.807) is 21.8 Å². The van der Waals surface area contributed by atoms with Crippen LogP contribution in [-0.2, 0) is 20.9 Å². The largest absolute Gasteiger partial charge is 0.497 e. The summed E-state index contributed by atoms with van der Waals surface area (Å²) >= 11 is 0. The third kappa shape index (κ3) is 3.81. The second-order valence-electron chi connectivity index (χ2n) is 6.76. The summed E-state index contributed by atoms with van der Waals surface area (Å²) in [5.74, 6) is 0.317. The van der Waals surface area contributed by atoms with Gasteiger partial charge in [-0.1, -0.05) is 12.1 Å². The van der Waals surface area contributed by atoms with Crippen LogP contribution in [0.25, 0.3) is 0 Å². The summed E-state index contributed by atoms with van der Waals surface area (Å²) in [6.45, 7) is 4.59. The molecule has 26 heavy (non-hydrogen) atoms. The summed E-state index contributed by atoms with van der Waals surface area (Å²) in [6, 6.07) is 7.63. The molecule has 2 fully saturated rings. The molecule has 0 spiro atoms. The predicted molar refractivity (Wildman–Crippen MR) is 95.4 cm³/mol. The number of carbonyl (C=O) groups is 3. The van der Waals surface area contributed by atoms with Crippen molar-refractivity contribution in [2.24, 2.45) is 5.92 Å². The van der Waals surface area contributed by atoms with Crippen molar-refractivity contribution in [1.82, 2.24) is 14.7 Å². The highest BCUT2D eigenvalue weighted by atomic mass is 16.5. The molecular formula is C19H25N3O4. The van der Waals surface area contributed by atoms with Crippen molar-refractivity contribution in [3.05, 3.63) is 29.8 Å². The standard InChI is InChI=1S/C19H25N3O4/c1-3-20-12-15(10-17(20)23)19(25)22-8-7-21(18(24)13-22)11-14-5-4-6-16(9-14)26-2/h4-6,9,15H,3,7-8,10-13H2,1-2H3/t15-/m1/s1. The monoisotopic (exact) mass is 359 g/mol. The number of nitrogens with zero attached hydrogens (tertiary/aromatic N) is 3. The van der Waals surface area contributed by atoms with Gasteiger partial charge in [0.15, 0.2) is 0 Å². The molecule has 3 rings (SSSR count). The Bertz CT molecular complexity index is 706. The molecule has 3 amide bonds. The smallest absolute Gasteiger partial charge is 0.242 e. The molecule has 0 radical (unpaired) electrons. The molecule has 2 aliphatic heterocycles. The minimum absolute atomic E-state index is 0.0221. The van der Waals surface area contributed by atoms with E-state index >= 15 is 0 Å². The summed E-state index contributed by atoms with van der Waals surface area (Å²) in [6.07, 6.45) is 0.255. The van der Waals surface area contributed by atoms with Crippen LogP contribution in [0.5, 0.6) is 5.75 Å². The molecule has 1 atom stereocenters. The Morgan fingerprint density at radius 2 is 2.00 bits per heavy atom. The number of ether oxygens (including phenoxy) is 1. The Labute approximate surface area is 153 Å². The van der Waals surface area contributed by atoms with Crippen LogP contribution in [0.3, 0.4) is 0 Å². The van der Waals surface area contributed by atoms with E-state index in [0.29, 0.717) is 32.7 Å². The molecule has 2 saturated heterocycles. The number of benzene rings is 1. The first-order valence-electron chi connectivity index (χ1n) is 8.99. The molecule has 0 saturated carbocycles. The minimum Gasteiger partial charge on any atom is -0.497 e. The summed E-state index contributed by atoms with van der Waals surface area (Å²) in [5.41, 5.74) is 0.998. The summed E-state index contributed by atoms with van der Waals surface area (Å²) in [4.78, 5) is 42.1. The van der Waals surface area contributed by atoms with Crippen LogP contribution in [0.4, 0.5) is 0 Å². The molecule has 7 nitrogen and oxygen atoms in total. The molecule has 0 aromatic heterocycles. The summed E-state index contributed by atoms with van der Waals surface area (Å²) < 4.78 is 5.22. The van der Waals surface area contributed by atoms with Gasteiger partial charge < -0.3 is 19.4 Å². The van der Waals surface area contributed by atoms with Crippen molar-refractivity contribution in [1.29, 1.82) is 0 Å². The highest BCUT2D eigenvalue weighted by Gasteiger charge is 2.37. The number of rotatable bonds is 5. The van der Waals surface area contributed by atoms with Gasteiger partial charge in [0.25, 0.3) is 0 Å². The van der Waals surface area contributed by atoms with Gasteiger partial charge in [-0.05, 0) is 24.6 Å². The highest BCUT2D eigenvalue weighted by molar-refractivity contribution is 5.92. The van der Waals surface area contributed by atoms with Gasteiger partial charge in [0.2, 0.25) is 17.7 Å². The summed E-state index contributed by atoms with van der Waals surface area (Å²) in [7, 11) is 1.61. The maximum Gasteiger partial charge on any atom is 0.242 e. The first kappa shape index (κ1) is 18.2. The van der Waals surface area contributed by atoms with Gasteiger partial charge in [-0.2, -0.15) is 0 Å². The molecular weight excluding hydrogens is 334 g/mol. The number of methoxy groups -OCH3 is 1. The fourth-order valence-electron chi connectivity index (χ4n) is 3.56. The minimum atomic E-state index is -0.319. The van der Waals surface area contributed by atoms with Crippen LogP contribution < -0.4 is 4.74 Å². The summed E-state index contributed by atoms with van der Waals surface area (Å²) in [5, 5.41) is 0. The number of likely N-dealkylation sites (tertiary alicyclic amines) is 1. The van der Waals surface area contributed by atoms with E-state index in [1.165, 1.54) is 0 Å². The second-order valence-corrected chi connectivity index (χ2v) is 6.76. The average Bonchev–Trinajstić information content (AvgIpc) is 3.03. The lowest BCUT2D eigenvalue weighted by atomic mass is 10.1. The van der Waals surface area contributed by atoms with Gasteiger partial charge in [-0.25, -0.2) is 0 Å². The molecule has 7 heteroatoms. The van der Waals surface area contributed by atoms with Crippen LogP contribution in [-0.4, -0.2) is 72.3 Å². The average molecular weight is 359 g/mol. The van der Waals surface area contributed by atoms with Crippen LogP contribution in [0.1, 0.15) is 18.9 Å². The number of carbonyl (C=O) groups excluding carboxylic acids is 3. The van der Waals surface area contributed by atoms with Gasteiger partial charge in [0.05, 0.1) is 19.6 Å². The molecule has 0 bridgehead atoms. The van der Waals surface area contributed by atoms with Gasteiger partial charge in [0, 0.05) is 39.1 Å². The highest BCUT2D eigenvalue weighted by Crippen LogP contribution is 2.21. The fourth-order valence-corrected chi connectivity index (χ4v) is 3.56. The van der Waals surface area contributed by atoms with Gasteiger partial charge in [-0.15, -0.1) is 0 Å². The Balaban J connectivity index is 1.57. The Morgan fingerprint density at radius 1 is 1.19 bits per heavy atom. The Hall–Kier alpha value is -2.57. The second kappa shape index (κ2) is 7.76. The Kier molecular flexibility index (Phi) is 5.44. The van der Waals surface area contributed by atoms with E-state index in [9.17, 15) is 14.4 Å². The quantitative estimate of drug-likeness (QED) is 0.777. The lowest BCUT2D eigenvalue weighted by Crippen LogP contribution is -2.53. The number of hydrogen-bond acceptors (Lipinski definition) is 4.